The van der Waals surface area contributed by atoms with Crippen LogP contribution in [0.2, 0.25) is 0 Å². The highest BCUT2D eigenvalue weighted by Crippen LogP contribution is 2.28. The third kappa shape index (κ3) is 8.64. The molecule has 2 heterocycles. The molecule has 0 aliphatic heterocycles. The van der Waals surface area contributed by atoms with Crippen LogP contribution in [0.1, 0.15) is 67.9 Å². The number of hydrogen-bond acceptors (Lipinski definition) is 2. The molecule has 0 saturated heterocycles. The molecule has 44 heavy (non-hydrogen) atoms. The number of nitrogens with zero attached hydrogens (tertiary/aromatic N) is 2. The number of aromatic nitrogens is 2. The second-order valence-electron chi connectivity index (χ2n) is 11.7. The fourth-order valence-electron chi connectivity index (χ4n) is 5.39. The van der Waals surface area contributed by atoms with Crippen molar-refractivity contribution in [1.29, 1.82) is 0 Å². The van der Waals surface area contributed by atoms with E-state index in [1.807, 2.05) is 18.2 Å². The van der Waals surface area contributed by atoms with Crippen molar-refractivity contribution in [1.82, 2.24) is 9.97 Å². The molecule has 2 aromatic heterocycles. The normalized spacial score (nSPS) is 10.6. The van der Waals surface area contributed by atoms with Gasteiger partial charge in [-0.2, -0.15) is 0 Å². The van der Waals surface area contributed by atoms with E-state index in [-0.39, 0.29) is 0 Å². The average Bonchev–Trinajstić information content (AvgIpc) is 3.00. The molecule has 6 rings (SSSR count). The minimum Gasteiger partial charge on any atom is -0.248 e. The smallest absolute Gasteiger partial charge is 0.0720 e. The first-order chi connectivity index (χ1) is 21.2. The summed E-state index contributed by atoms with van der Waals surface area (Å²) in [5.41, 5.74) is 13.1. The highest BCUT2D eigenvalue weighted by atomic mass is 79.9. The summed E-state index contributed by atoms with van der Waals surface area (Å²) in [5, 5.41) is 2.43. The summed E-state index contributed by atoms with van der Waals surface area (Å²) in [5.74, 6) is 0. The largest absolute Gasteiger partial charge is 0.248 e. The third-order valence-electron chi connectivity index (χ3n) is 7.56. The van der Waals surface area contributed by atoms with Gasteiger partial charge in [0.2, 0.25) is 0 Å². The van der Waals surface area contributed by atoms with E-state index >= 15 is 0 Å². The van der Waals surface area contributed by atoms with Crippen LogP contribution in [-0.4, -0.2) is 9.97 Å². The molecule has 0 aliphatic carbocycles. The number of pyridine rings is 2. The minimum atomic E-state index is 1.02. The highest BCUT2D eigenvalue weighted by molar-refractivity contribution is 9.10. The van der Waals surface area contributed by atoms with Crippen LogP contribution in [0.3, 0.4) is 0 Å². The lowest BCUT2D eigenvalue weighted by molar-refractivity contribution is 0.886. The number of fused-ring (bicyclic) bond motifs is 2. The quantitative estimate of drug-likeness (QED) is 0.186. The van der Waals surface area contributed by atoms with Gasteiger partial charge in [0.1, 0.15) is 0 Å². The van der Waals surface area contributed by atoms with Crippen molar-refractivity contribution in [2.75, 3.05) is 0 Å². The third-order valence-corrected chi connectivity index (χ3v) is 8.25. The molecule has 4 aromatic carbocycles. The van der Waals surface area contributed by atoms with Gasteiger partial charge in [-0.05, 0) is 100 Å². The number of halogens is 1. The van der Waals surface area contributed by atoms with Gasteiger partial charge in [0.25, 0.3) is 0 Å². The van der Waals surface area contributed by atoms with Crippen LogP contribution in [0.5, 0.6) is 0 Å². The van der Waals surface area contributed by atoms with Crippen LogP contribution < -0.4 is 0 Å². The van der Waals surface area contributed by atoms with Crippen LogP contribution in [-0.2, 0) is 6.42 Å². The van der Waals surface area contributed by atoms with Crippen molar-refractivity contribution < 1.29 is 0 Å². The van der Waals surface area contributed by atoms with Crippen molar-refractivity contribution in [3.63, 3.8) is 0 Å². The van der Waals surface area contributed by atoms with Crippen LogP contribution >= 0.6 is 15.9 Å². The molecular formula is C41H45BrN2. The molecule has 0 spiro atoms. The fourth-order valence-corrected chi connectivity index (χ4v) is 5.88. The Labute approximate surface area is 272 Å². The van der Waals surface area contributed by atoms with Crippen LogP contribution in [0.15, 0.2) is 102 Å². The molecule has 0 radical (unpaired) electrons. The van der Waals surface area contributed by atoms with Gasteiger partial charge < -0.3 is 0 Å². The first kappa shape index (κ1) is 33.1. The van der Waals surface area contributed by atoms with Gasteiger partial charge in [-0.15, -0.1) is 0 Å². The second-order valence-corrected chi connectivity index (χ2v) is 12.5. The van der Waals surface area contributed by atoms with Gasteiger partial charge in [0.05, 0.1) is 22.4 Å². The maximum atomic E-state index is 4.87. The Morgan fingerprint density at radius 3 is 1.43 bits per heavy atom. The average molecular weight is 646 g/mol. The lowest BCUT2D eigenvalue weighted by Crippen LogP contribution is -1.91. The number of hydrogen-bond donors (Lipinski definition) is 0. The Morgan fingerprint density at radius 1 is 0.500 bits per heavy atom. The van der Waals surface area contributed by atoms with Crippen LogP contribution in [0, 0.1) is 27.7 Å². The first-order valence-corrected chi connectivity index (χ1v) is 16.6. The molecule has 2 nitrogen and oxygen atoms in total. The maximum absolute atomic E-state index is 4.87. The molecule has 0 saturated carbocycles. The van der Waals surface area contributed by atoms with Gasteiger partial charge in [0.15, 0.2) is 0 Å². The number of benzene rings is 4. The maximum Gasteiger partial charge on any atom is 0.0720 e. The molecule has 226 valence electrons. The van der Waals surface area contributed by atoms with E-state index in [9.17, 15) is 0 Å². The van der Waals surface area contributed by atoms with Crippen molar-refractivity contribution in [2.24, 2.45) is 0 Å². The predicted molar refractivity (Wildman–Crippen MR) is 196 cm³/mol. The van der Waals surface area contributed by atoms with Gasteiger partial charge >= 0.3 is 0 Å². The SMILES string of the molecule is CCCC.CCCc1cccc2nc(-c3cc(C)cc(C)c3)ccc12.Cc1cc(C)cc(-c2ccc3c(Br)cccc3n2)c1. The Hall–Kier alpha value is -3.82. The number of unbranched alkanes of at least 4 members (excludes halogenated alkanes) is 1. The number of aryl methyl sites for hydroxylation is 5. The molecule has 0 fully saturated rings. The fraction of sp³-hybridized carbons (Fsp3) is 0.268. The van der Waals surface area contributed by atoms with Crippen LogP contribution in [0.4, 0.5) is 0 Å². The molecule has 0 amide bonds. The van der Waals surface area contributed by atoms with Gasteiger partial charge in [0, 0.05) is 26.4 Å². The molecule has 0 unspecified atom stereocenters. The Balaban J connectivity index is 0.000000180. The summed E-state index contributed by atoms with van der Waals surface area (Å²) in [4.78, 5) is 9.63. The molecule has 3 heteroatoms. The van der Waals surface area contributed by atoms with E-state index in [0.29, 0.717) is 0 Å². The van der Waals surface area contributed by atoms with Crippen molar-refractivity contribution in [3.05, 3.63) is 129 Å². The summed E-state index contributed by atoms with van der Waals surface area (Å²) in [7, 11) is 0. The minimum absolute atomic E-state index is 1.02. The highest BCUT2D eigenvalue weighted by Gasteiger charge is 2.07. The zero-order chi connectivity index (χ0) is 31.6. The lowest BCUT2D eigenvalue weighted by Gasteiger charge is -2.08. The monoisotopic (exact) mass is 644 g/mol. The molecule has 0 aliphatic rings. The zero-order valence-electron chi connectivity index (χ0n) is 27.3. The second kappa shape index (κ2) is 15.8. The Morgan fingerprint density at radius 2 is 0.955 bits per heavy atom. The molecule has 6 aromatic rings. The Kier molecular flexibility index (Phi) is 11.9. The molecular weight excluding hydrogens is 600 g/mol. The van der Waals surface area contributed by atoms with Crippen molar-refractivity contribution >= 4 is 37.7 Å². The van der Waals surface area contributed by atoms with E-state index in [2.05, 4.69) is 143 Å². The molecule has 0 bridgehead atoms. The van der Waals surface area contributed by atoms with Gasteiger partial charge in [-0.1, -0.05) is 115 Å². The molecule has 0 N–H and O–H groups in total. The van der Waals surface area contributed by atoms with E-state index in [0.717, 1.165) is 45.1 Å². The van der Waals surface area contributed by atoms with Crippen molar-refractivity contribution in [3.8, 4) is 22.5 Å². The van der Waals surface area contributed by atoms with E-state index < -0.39 is 0 Å². The summed E-state index contributed by atoms with van der Waals surface area (Å²) < 4.78 is 1.09. The predicted octanol–water partition coefficient (Wildman–Crippen LogP) is 12.6. The standard InChI is InChI=1S/C20H21N.C17H14BrN.C4H10/c1-4-6-16-7-5-8-20-18(16)9-10-19(21-20)17-12-14(2)11-15(3)13-17;1-11-8-12(2)10-13(9-11)16-7-6-14-15(18)4-3-5-17(14)19-16;1-3-4-2/h5,7-13H,4,6H2,1-3H3;3-10H,1-2H3;3-4H2,1-2H3. The zero-order valence-corrected chi connectivity index (χ0v) is 28.9. The van der Waals surface area contributed by atoms with Gasteiger partial charge in [-0.3, -0.25) is 0 Å². The first-order valence-electron chi connectivity index (χ1n) is 15.8. The van der Waals surface area contributed by atoms with Gasteiger partial charge in [-0.25, -0.2) is 9.97 Å². The van der Waals surface area contributed by atoms with E-state index in [1.165, 1.54) is 57.2 Å². The summed E-state index contributed by atoms with van der Waals surface area (Å²) >= 11 is 3.56. The molecule has 0 atom stereocenters. The number of rotatable bonds is 5. The van der Waals surface area contributed by atoms with E-state index in [4.69, 9.17) is 9.97 Å². The Bertz CT molecular complexity index is 1810. The summed E-state index contributed by atoms with van der Waals surface area (Å²) in [6.45, 7) is 15.1. The summed E-state index contributed by atoms with van der Waals surface area (Å²) in [6, 6.07) is 34.3. The summed E-state index contributed by atoms with van der Waals surface area (Å²) in [6.07, 6.45) is 4.92. The van der Waals surface area contributed by atoms with Crippen LogP contribution in [0.25, 0.3) is 44.3 Å². The lowest BCUT2D eigenvalue weighted by atomic mass is 10.0. The topological polar surface area (TPSA) is 25.8 Å². The van der Waals surface area contributed by atoms with E-state index in [1.54, 1.807) is 0 Å². The van der Waals surface area contributed by atoms with Crippen molar-refractivity contribution in [2.45, 2.75) is 74.1 Å².